The van der Waals surface area contributed by atoms with E-state index in [4.69, 9.17) is 11.6 Å². The van der Waals surface area contributed by atoms with Crippen LogP contribution < -0.4 is 5.32 Å². The number of aldehydes is 1. The monoisotopic (exact) mass is 193 g/mol. The number of carbonyl (C=O) groups excluding carboxylic acids is 2. The third kappa shape index (κ3) is 4.86. The van der Waals surface area contributed by atoms with E-state index in [1.54, 1.807) is 0 Å². The average Bonchev–Trinajstić information content (AvgIpc) is 2.03. The molecule has 0 unspecified atom stereocenters. The molecule has 0 atom stereocenters. The van der Waals surface area contributed by atoms with Crippen molar-refractivity contribution in [3.63, 3.8) is 0 Å². The van der Waals surface area contributed by atoms with Crippen LogP contribution in [0.3, 0.4) is 0 Å². The number of hydrogen-bond donors (Lipinski definition) is 1. The molecule has 0 radical (unpaired) electrons. The van der Waals surface area contributed by atoms with Crippen molar-refractivity contribution in [1.29, 1.82) is 0 Å². The Labute approximate surface area is 74.2 Å². The highest BCUT2D eigenvalue weighted by atomic mass is 35.5. The van der Waals surface area contributed by atoms with E-state index in [2.05, 4.69) is 5.32 Å². The Morgan fingerprint density at radius 2 is 2.36 bits per heavy atom. The largest absolute Gasteiger partial charge is 0.354 e. The van der Waals surface area contributed by atoms with Crippen LogP contribution in [0.4, 0.5) is 0 Å². The van der Waals surface area contributed by atoms with Gasteiger partial charge in [0.15, 0.2) is 0 Å². The van der Waals surface area contributed by atoms with Gasteiger partial charge in [-0.15, -0.1) is 11.8 Å². The quantitative estimate of drug-likeness (QED) is 0.407. The van der Waals surface area contributed by atoms with Crippen molar-refractivity contribution in [3.05, 3.63) is 10.4 Å². The van der Waals surface area contributed by atoms with Gasteiger partial charge in [-0.25, -0.2) is 0 Å². The lowest BCUT2D eigenvalue weighted by atomic mass is 10.6. The summed E-state index contributed by atoms with van der Waals surface area (Å²) in [6.45, 7) is 0. The summed E-state index contributed by atoms with van der Waals surface area (Å²) in [5.41, 5.74) is 0. The molecule has 3 nitrogen and oxygen atoms in total. The molecule has 0 spiro atoms. The molecule has 0 aliphatic heterocycles. The molecule has 1 amide bonds. The third-order valence-electron chi connectivity index (χ3n) is 0.795. The molecule has 0 aromatic rings. The van der Waals surface area contributed by atoms with Crippen molar-refractivity contribution in [1.82, 2.24) is 5.32 Å². The van der Waals surface area contributed by atoms with Crippen molar-refractivity contribution in [2.75, 3.05) is 12.8 Å². The Balaban J connectivity index is 3.79. The zero-order valence-electron chi connectivity index (χ0n) is 5.96. The summed E-state index contributed by atoms with van der Waals surface area (Å²) in [4.78, 5) is 20.5. The van der Waals surface area contributed by atoms with E-state index in [0.717, 1.165) is 6.29 Å². The van der Waals surface area contributed by atoms with Crippen LogP contribution in [-0.4, -0.2) is 25.0 Å². The number of halogens is 1. The van der Waals surface area contributed by atoms with Crippen LogP contribution in [0.25, 0.3) is 0 Å². The molecule has 0 aliphatic rings. The lowest BCUT2D eigenvalue weighted by Crippen LogP contribution is -2.17. The Morgan fingerprint density at radius 3 is 2.82 bits per heavy atom. The van der Waals surface area contributed by atoms with E-state index in [-0.39, 0.29) is 10.9 Å². The van der Waals surface area contributed by atoms with Gasteiger partial charge in [0.2, 0.25) is 0 Å². The maximum atomic E-state index is 10.7. The zero-order chi connectivity index (χ0) is 8.69. The first-order valence-electron chi connectivity index (χ1n) is 2.85. The summed E-state index contributed by atoms with van der Waals surface area (Å²) in [5.74, 6) is -0.0298. The van der Waals surface area contributed by atoms with Crippen molar-refractivity contribution >= 4 is 35.6 Å². The molecule has 0 bridgehead atoms. The van der Waals surface area contributed by atoms with Crippen molar-refractivity contribution in [2.24, 2.45) is 0 Å². The van der Waals surface area contributed by atoms with Crippen LogP contribution in [0.15, 0.2) is 10.4 Å². The molecule has 0 aromatic heterocycles. The first-order valence-corrected chi connectivity index (χ1v) is 4.28. The molecule has 11 heavy (non-hydrogen) atoms. The summed E-state index contributed by atoms with van der Waals surface area (Å²) in [5, 5.41) is 3.89. The van der Waals surface area contributed by atoms with Gasteiger partial charge in [0, 0.05) is 7.05 Å². The molecule has 0 saturated heterocycles. The molecule has 0 saturated carbocycles. The minimum absolute atomic E-state index is 0.0966. The van der Waals surface area contributed by atoms with Gasteiger partial charge in [-0.2, -0.15) is 0 Å². The van der Waals surface area contributed by atoms with E-state index >= 15 is 0 Å². The molecule has 0 heterocycles. The number of nitrogens with one attached hydrogen (secondary N) is 1. The van der Waals surface area contributed by atoms with Crippen molar-refractivity contribution < 1.29 is 9.59 Å². The lowest BCUT2D eigenvalue weighted by molar-refractivity contribution is -0.116. The summed E-state index contributed by atoms with van der Waals surface area (Å²) >= 11 is 6.66. The van der Waals surface area contributed by atoms with E-state index in [1.165, 1.54) is 24.2 Å². The summed E-state index contributed by atoms with van der Waals surface area (Å²) in [6.07, 6.45) is 0.745. The summed E-state index contributed by atoms with van der Waals surface area (Å²) in [6, 6.07) is 0. The Bertz CT molecular complexity index is 181. The van der Waals surface area contributed by atoms with E-state index in [9.17, 15) is 9.59 Å². The molecule has 0 aromatic carbocycles. The molecular formula is C6H8ClNO2S. The predicted octanol–water partition coefficient (Wildman–Crippen LogP) is 0.745. The lowest BCUT2D eigenvalue weighted by Gasteiger charge is -1.94. The van der Waals surface area contributed by atoms with Gasteiger partial charge in [-0.3, -0.25) is 4.79 Å². The Kier molecular flexibility index (Phi) is 5.97. The standard InChI is InChI=1S/C6H8ClNO2S/c1-8-6(10)5(7)4-11-3-2-9/h2,4H,3H2,1H3,(H,8,10)/b5-4-. The minimum atomic E-state index is -0.343. The van der Waals surface area contributed by atoms with E-state index in [0.29, 0.717) is 5.75 Å². The number of thioether (sulfide) groups is 1. The third-order valence-corrected chi connectivity index (χ3v) is 1.94. The van der Waals surface area contributed by atoms with Gasteiger partial charge in [0.1, 0.15) is 11.3 Å². The fraction of sp³-hybridized carbons (Fsp3) is 0.333. The predicted molar refractivity (Wildman–Crippen MR) is 46.5 cm³/mol. The van der Waals surface area contributed by atoms with Gasteiger partial charge in [0.25, 0.3) is 5.91 Å². The Morgan fingerprint density at radius 1 is 1.73 bits per heavy atom. The molecule has 0 fully saturated rings. The van der Waals surface area contributed by atoms with Gasteiger partial charge in [-0.05, 0) is 5.41 Å². The second kappa shape index (κ2) is 6.24. The highest BCUT2D eigenvalue weighted by Gasteiger charge is 2.01. The van der Waals surface area contributed by atoms with Crippen LogP contribution in [-0.2, 0) is 9.59 Å². The van der Waals surface area contributed by atoms with E-state index in [1.807, 2.05) is 0 Å². The average molecular weight is 194 g/mol. The maximum Gasteiger partial charge on any atom is 0.263 e. The minimum Gasteiger partial charge on any atom is -0.354 e. The molecule has 0 rings (SSSR count). The molecule has 1 N–H and O–H groups in total. The zero-order valence-corrected chi connectivity index (χ0v) is 7.54. The van der Waals surface area contributed by atoms with Gasteiger partial charge < -0.3 is 10.1 Å². The summed E-state index contributed by atoms with van der Waals surface area (Å²) < 4.78 is 0. The van der Waals surface area contributed by atoms with Crippen molar-refractivity contribution in [2.45, 2.75) is 0 Å². The fourth-order valence-electron chi connectivity index (χ4n) is 0.333. The second-order valence-corrected chi connectivity index (χ2v) is 2.85. The first-order chi connectivity index (χ1) is 5.22. The van der Waals surface area contributed by atoms with Crippen LogP contribution in [0, 0.1) is 0 Å². The molecule has 5 heteroatoms. The van der Waals surface area contributed by atoms with Gasteiger partial charge >= 0.3 is 0 Å². The molecular weight excluding hydrogens is 186 g/mol. The summed E-state index contributed by atoms with van der Waals surface area (Å²) in [7, 11) is 1.49. The fourth-order valence-corrected chi connectivity index (χ4v) is 1.05. The Hall–Kier alpha value is -0.480. The van der Waals surface area contributed by atoms with Crippen LogP contribution in [0.5, 0.6) is 0 Å². The highest BCUT2D eigenvalue weighted by molar-refractivity contribution is 8.02. The molecule has 62 valence electrons. The normalized spacial score (nSPS) is 10.9. The van der Waals surface area contributed by atoms with Crippen LogP contribution in [0.1, 0.15) is 0 Å². The smallest absolute Gasteiger partial charge is 0.263 e. The van der Waals surface area contributed by atoms with Gasteiger partial charge in [-0.1, -0.05) is 11.6 Å². The number of carbonyl (C=O) groups is 2. The van der Waals surface area contributed by atoms with Crippen LogP contribution in [0.2, 0.25) is 0 Å². The van der Waals surface area contributed by atoms with Crippen molar-refractivity contribution in [3.8, 4) is 0 Å². The number of rotatable bonds is 4. The topological polar surface area (TPSA) is 46.2 Å². The highest BCUT2D eigenvalue weighted by Crippen LogP contribution is 2.09. The first kappa shape index (κ1) is 10.5. The second-order valence-electron chi connectivity index (χ2n) is 1.54. The number of hydrogen-bond acceptors (Lipinski definition) is 3. The molecule has 0 aliphatic carbocycles. The van der Waals surface area contributed by atoms with E-state index < -0.39 is 0 Å². The number of likely N-dealkylation sites (N-methyl/N-ethyl adjacent to an activating group) is 1. The number of amides is 1. The van der Waals surface area contributed by atoms with Gasteiger partial charge in [0.05, 0.1) is 5.75 Å². The maximum absolute atomic E-state index is 10.7. The van der Waals surface area contributed by atoms with Crippen LogP contribution >= 0.6 is 23.4 Å². The SMILES string of the molecule is CNC(=O)/C(Cl)=C/SCC=O.